The van der Waals surface area contributed by atoms with E-state index >= 15 is 0 Å². The Hall–Kier alpha value is -0.980. The van der Waals surface area contributed by atoms with Crippen molar-refractivity contribution in [3.8, 4) is 0 Å². The first kappa shape index (κ1) is 11.5. The van der Waals surface area contributed by atoms with Crippen molar-refractivity contribution in [1.82, 2.24) is 15.2 Å². The monoisotopic (exact) mass is 241 g/mol. The van der Waals surface area contributed by atoms with Crippen molar-refractivity contribution in [1.29, 1.82) is 0 Å². The molecule has 1 unspecified atom stereocenters. The molecule has 1 aromatic heterocycles. The summed E-state index contributed by atoms with van der Waals surface area (Å²) >= 11 is 1.49. The number of esters is 1. The summed E-state index contributed by atoms with van der Waals surface area (Å²) in [5, 5.41) is 5.96. The zero-order chi connectivity index (χ0) is 11.4. The summed E-state index contributed by atoms with van der Waals surface area (Å²) in [7, 11) is 1.42. The normalized spacial score (nSPS) is 19.3. The van der Waals surface area contributed by atoms with Crippen molar-refractivity contribution in [3.05, 3.63) is 16.6 Å². The number of thiazole rings is 1. The first-order valence-corrected chi connectivity index (χ1v) is 6.13. The standard InChI is InChI=1S/C10H15N3O2S/c1-15-10(14)8(9-12-4-7-16-9)13-5-2-11-3-6-13/h4,7-8,11H,2-3,5-6H2,1H3. The maximum absolute atomic E-state index is 11.8. The van der Waals surface area contributed by atoms with Crippen LogP contribution in [0.5, 0.6) is 0 Å². The minimum Gasteiger partial charge on any atom is -0.468 e. The first-order valence-electron chi connectivity index (χ1n) is 5.25. The second-order valence-electron chi connectivity index (χ2n) is 3.58. The highest BCUT2D eigenvalue weighted by atomic mass is 32.1. The molecule has 88 valence electrons. The maximum Gasteiger partial charge on any atom is 0.330 e. The Morgan fingerprint density at radius 2 is 2.38 bits per heavy atom. The van der Waals surface area contributed by atoms with Crippen LogP contribution in [-0.4, -0.2) is 49.1 Å². The van der Waals surface area contributed by atoms with Gasteiger partial charge in [-0.15, -0.1) is 11.3 Å². The third-order valence-electron chi connectivity index (χ3n) is 2.63. The van der Waals surface area contributed by atoms with Gasteiger partial charge < -0.3 is 10.1 Å². The van der Waals surface area contributed by atoms with E-state index in [-0.39, 0.29) is 12.0 Å². The van der Waals surface area contributed by atoms with Crippen LogP contribution in [0.2, 0.25) is 0 Å². The molecular weight excluding hydrogens is 226 g/mol. The zero-order valence-corrected chi connectivity index (χ0v) is 10.00. The van der Waals surface area contributed by atoms with Crippen LogP contribution in [0.25, 0.3) is 0 Å². The predicted molar refractivity (Wildman–Crippen MR) is 61.3 cm³/mol. The lowest BCUT2D eigenvalue weighted by Crippen LogP contribution is -2.47. The molecule has 0 spiro atoms. The molecule has 2 heterocycles. The molecule has 0 aliphatic carbocycles. The second kappa shape index (κ2) is 5.38. The highest BCUT2D eigenvalue weighted by molar-refractivity contribution is 7.09. The van der Waals surface area contributed by atoms with Crippen molar-refractivity contribution in [2.45, 2.75) is 6.04 Å². The molecule has 16 heavy (non-hydrogen) atoms. The van der Waals surface area contributed by atoms with E-state index in [1.165, 1.54) is 18.4 Å². The van der Waals surface area contributed by atoms with Gasteiger partial charge in [-0.3, -0.25) is 4.90 Å². The Labute approximate surface area is 98.4 Å². The number of hydrogen-bond acceptors (Lipinski definition) is 6. The minimum absolute atomic E-state index is 0.225. The van der Waals surface area contributed by atoms with E-state index in [1.54, 1.807) is 6.20 Å². The van der Waals surface area contributed by atoms with Gasteiger partial charge in [0.05, 0.1) is 7.11 Å². The molecule has 0 amide bonds. The molecule has 0 saturated carbocycles. The second-order valence-corrected chi connectivity index (χ2v) is 4.51. The molecule has 6 heteroatoms. The van der Waals surface area contributed by atoms with E-state index in [9.17, 15) is 4.79 Å². The SMILES string of the molecule is COC(=O)C(c1nccs1)N1CCNCC1. The van der Waals surface area contributed by atoms with Gasteiger partial charge in [-0.25, -0.2) is 9.78 Å². The summed E-state index contributed by atoms with van der Waals surface area (Å²) in [5.41, 5.74) is 0. The van der Waals surface area contributed by atoms with E-state index in [4.69, 9.17) is 4.74 Å². The maximum atomic E-state index is 11.8. The molecule has 1 fully saturated rings. The van der Waals surface area contributed by atoms with Crippen LogP contribution in [0, 0.1) is 0 Å². The van der Waals surface area contributed by atoms with Crippen LogP contribution >= 0.6 is 11.3 Å². The van der Waals surface area contributed by atoms with E-state index in [0.29, 0.717) is 0 Å². The average Bonchev–Trinajstić information content (AvgIpc) is 2.84. The lowest BCUT2D eigenvalue weighted by Gasteiger charge is -2.31. The van der Waals surface area contributed by atoms with Gasteiger partial charge in [-0.2, -0.15) is 0 Å². The number of nitrogens with zero attached hydrogens (tertiary/aromatic N) is 2. The summed E-state index contributed by atoms with van der Waals surface area (Å²) in [4.78, 5) is 18.1. The summed E-state index contributed by atoms with van der Waals surface area (Å²) in [5.74, 6) is -0.225. The number of carbonyl (C=O) groups excluding carboxylic acids is 1. The largest absolute Gasteiger partial charge is 0.468 e. The van der Waals surface area contributed by atoms with Gasteiger partial charge in [0.1, 0.15) is 5.01 Å². The van der Waals surface area contributed by atoms with Gasteiger partial charge in [0, 0.05) is 37.8 Å². The number of ether oxygens (including phenoxy) is 1. The number of hydrogen-bond donors (Lipinski definition) is 1. The fourth-order valence-corrected chi connectivity index (χ4v) is 2.58. The summed E-state index contributed by atoms with van der Waals surface area (Å²) in [6.45, 7) is 3.50. The minimum atomic E-state index is -0.341. The molecule has 5 nitrogen and oxygen atoms in total. The molecule has 1 atom stereocenters. The number of methoxy groups -OCH3 is 1. The first-order chi connectivity index (χ1) is 7.83. The van der Waals surface area contributed by atoms with Crippen LogP contribution in [0.4, 0.5) is 0 Å². The van der Waals surface area contributed by atoms with Gasteiger partial charge in [0.25, 0.3) is 0 Å². The predicted octanol–water partition coefficient (Wildman–Crippen LogP) is 0.262. The number of rotatable bonds is 3. The number of aromatic nitrogens is 1. The van der Waals surface area contributed by atoms with E-state index in [0.717, 1.165) is 31.2 Å². The van der Waals surface area contributed by atoms with Crippen molar-refractivity contribution in [2.75, 3.05) is 33.3 Å². The fourth-order valence-electron chi connectivity index (χ4n) is 1.83. The Morgan fingerprint density at radius 3 is 2.94 bits per heavy atom. The Bertz CT molecular complexity index is 336. The van der Waals surface area contributed by atoms with E-state index < -0.39 is 0 Å². The van der Waals surface area contributed by atoms with Gasteiger partial charge in [-0.05, 0) is 0 Å². The molecular formula is C10H15N3O2S. The summed E-state index contributed by atoms with van der Waals surface area (Å²) in [6.07, 6.45) is 1.72. The van der Waals surface area contributed by atoms with Gasteiger partial charge in [-0.1, -0.05) is 0 Å². The average molecular weight is 241 g/mol. The van der Waals surface area contributed by atoms with Crippen LogP contribution < -0.4 is 5.32 Å². The molecule has 1 aliphatic rings. The van der Waals surface area contributed by atoms with Gasteiger partial charge >= 0.3 is 5.97 Å². The van der Waals surface area contributed by atoms with E-state index in [2.05, 4.69) is 15.2 Å². The van der Waals surface area contributed by atoms with Crippen molar-refractivity contribution in [2.24, 2.45) is 0 Å². The molecule has 1 N–H and O–H groups in total. The van der Waals surface area contributed by atoms with Crippen LogP contribution in [0.15, 0.2) is 11.6 Å². The molecule has 1 aromatic rings. The topological polar surface area (TPSA) is 54.5 Å². The van der Waals surface area contributed by atoms with Gasteiger partial charge in [0.15, 0.2) is 6.04 Å². The van der Waals surface area contributed by atoms with E-state index in [1.807, 2.05) is 5.38 Å². The third kappa shape index (κ3) is 2.40. The highest BCUT2D eigenvalue weighted by Crippen LogP contribution is 2.24. The Kier molecular flexibility index (Phi) is 3.87. The molecule has 0 bridgehead atoms. The van der Waals surface area contributed by atoms with Crippen LogP contribution in [0.3, 0.4) is 0 Å². The van der Waals surface area contributed by atoms with Crippen molar-refractivity contribution in [3.63, 3.8) is 0 Å². The van der Waals surface area contributed by atoms with Gasteiger partial charge in [0.2, 0.25) is 0 Å². The number of carbonyl (C=O) groups is 1. The Balaban J connectivity index is 2.17. The summed E-state index contributed by atoms with van der Waals surface area (Å²) < 4.78 is 4.86. The molecule has 2 rings (SSSR count). The van der Waals surface area contributed by atoms with Crippen LogP contribution in [-0.2, 0) is 9.53 Å². The van der Waals surface area contributed by atoms with Crippen molar-refractivity contribution < 1.29 is 9.53 Å². The quantitative estimate of drug-likeness (QED) is 0.769. The molecule has 1 aliphatic heterocycles. The lowest BCUT2D eigenvalue weighted by molar-refractivity contribution is -0.147. The summed E-state index contributed by atoms with van der Waals surface area (Å²) in [6, 6.07) is -0.341. The highest BCUT2D eigenvalue weighted by Gasteiger charge is 2.31. The van der Waals surface area contributed by atoms with Crippen molar-refractivity contribution >= 4 is 17.3 Å². The number of nitrogens with one attached hydrogen (secondary N) is 1. The Morgan fingerprint density at radius 1 is 1.62 bits per heavy atom. The molecule has 0 radical (unpaired) electrons. The fraction of sp³-hybridized carbons (Fsp3) is 0.600. The molecule has 1 saturated heterocycles. The molecule has 0 aromatic carbocycles. The third-order valence-corrected chi connectivity index (χ3v) is 3.45. The zero-order valence-electron chi connectivity index (χ0n) is 9.18. The smallest absolute Gasteiger partial charge is 0.330 e. The number of piperazine rings is 1. The van der Waals surface area contributed by atoms with Crippen LogP contribution in [0.1, 0.15) is 11.0 Å². The lowest BCUT2D eigenvalue weighted by atomic mass is 10.2.